The summed E-state index contributed by atoms with van der Waals surface area (Å²) < 4.78 is 7.17. The van der Waals surface area contributed by atoms with Crippen molar-refractivity contribution in [2.24, 2.45) is 0 Å². The van der Waals surface area contributed by atoms with Crippen LogP contribution < -0.4 is 4.90 Å². The van der Waals surface area contributed by atoms with E-state index in [0.717, 1.165) is 12.2 Å². The maximum atomic E-state index is 5.99. The first kappa shape index (κ1) is 12.4. The maximum Gasteiger partial charge on any atom is 0.250 e. The van der Waals surface area contributed by atoms with Crippen molar-refractivity contribution in [3.8, 4) is 5.69 Å². The number of tetrazole rings is 1. The largest absolute Gasteiger partial charge is 0.377 e. The van der Waals surface area contributed by atoms with E-state index < -0.39 is 0 Å². The molecule has 2 aromatic rings. The van der Waals surface area contributed by atoms with Crippen LogP contribution in [0.2, 0.25) is 0 Å². The van der Waals surface area contributed by atoms with Gasteiger partial charge in [-0.25, -0.2) is 0 Å². The lowest BCUT2D eigenvalue weighted by molar-refractivity contribution is 0.0987. The van der Waals surface area contributed by atoms with Gasteiger partial charge in [-0.2, -0.15) is 4.68 Å². The molecule has 0 amide bonds. The van der Waals surface area contributed by atoms with Gasteiger partial charge in [-0.15, -0.1) is 11.6 Å². The molecule has 6 nitrogen and oxygen atoms in total. The fourth-order valence-electron chi connectivity index (χ4n) is 2.14. The Morgan fingerprint density at radius 1 is 1.32 bits per heavy atom. The van der Waals surface area contributed by atoms with Gasteiger partial charge in [0.2, 0.25) is 0 Å². The summed E-state index contributed by atoms with van der Waals surface area (Å²) in [6.07, 6.45) is 0. The lowest BCUT2D eigenvalue weighted by Gasteiger charge is -2.34. The molecule has 19 heavy (non-hydrogen) atoms. The van der Waals surface area contributed by atoms with E-state index in [9.17, 15) is 0 Å². The fourth-order valence-corrected chi connectivity index (χ4v) is 2.40. The summed E-state index contributed by atoms with van der Waals surface area (Å²) in [5.41, 5.74) is 0.933. The van der Waals surface area contributed by atoms with Crippen molar-refractivity contribution in [1.29, 1.82) is 0 Å². The highest BCUT2D eigenvalue weighted by Gasteiger charge is 2.27. The average molecular weight is 280 g/mol. The number of para-hydroxylation sites is 1. The second-order valence-electron chi connectivity index (χ2n) is 4.30. The zero-order valence-corrected chi connectivity index (χ0v) is 11.1. The van der Waals surface area contributed by atoms with Crippen LogP contribution in [0.4, 0.5) is 5.95 Å². The third-order valence-corrected chi connectivity index (χ3v) is 3.47. The summed E-state index contributed by atoms with van der Waals surface area (Å²) in [5, 5.41) is 12.0. The van der Waals surface area contributed by atoms with Crippen LogP contribution in [0.25, 0.3) is 5.69 Å². The predicted molar refractivity (Wildman–Crippen MR) is 71.8 cm³/mol. The maximum absolute atomic E-state index is 5.99. The van der Waals surface area contributed by atoms with Gasteiger partial charge < -0.3 is 9.64 Å². The van der Waals surface area contributed by atoms with Gasteiger partial charge in [0.15, 0.2) is 0 Å². The Kier molecular flexibility index (Phi) is 3.61. The Hall–Kier alpha value is -1.66. The number of hydrogen-bond donors (Lipinski definition) is 0. The third-order valence-electron chi connectivity index (χ3n) is 3.12. The molecule has 1 saturated heterocycles. The first-order valence-electron chi connectivity index (χ1n) is 6.14. The second kappa shape index (κ2) is 5.54. The van der Waals surface area contributed by atoms with Crippen LogP contribution >= 0.6 is 11.6 Å². The predicted octanol–water partition coefficient (Wildman–Crippen LogP) is 1.11. The Morgan fingerprint density at radius 3 is 2.95 bits per heavy atom. The summed E-state index contributed by atoms with van der Waals surface area (Å²) >= 11 is 5.99. The molecule has 1 aliphatic rings. The van der Waals surface area contributed by atoms with Crippen molar-refractivity contribution >= 4 is 17.5 Å². The molecule has 0 N–H and O–H groups in total. The van der Waals surface area contributed by atoms with Gasteiger partial charge in [-0.05, 0) is 22.6 Å². The molecular weight excluding hydrogens is 266 g/mol. The number of hydrogen-bond acceptors (Lipinski definition) is 5. The lowest BCUT2D eigenvalue weighted by Crippen LogP contribution is -2.47. The molecule has 1 unspecified atom stereocenters. The van der Waals surface area contributed by atoms with Crippen LogP contribution in [-0.2, 0) is 4.74 Å². The zero-order valence-electron chi connectivity index (χ0n) is 10.3. The minimum Gasteiger partial charge on any atom is -0.377 e. The monoisotopic (exact) mass is 279 g/mol. The van der Waals surface area contributed by atoms with Crippen molar-refractivity contribution in [3.63, 3.8) is 0 Å². The third kappa shape index (κ3) is 2.41. The zero-order chi connectivity index (χ0) is 13.1. The molecule has 1 aliphatic heterocycles. The van der Waals surface area contributed by atoms with Crippen LogP contribution in [0.1, 0.15) is 0 Å². The molecule has 1 atom stereocenters. The molecule has 100 valence electrons. The minimum atomic E-state index is 0.101. The quantitative estimate of drug-likeness (QED) is 0.788. The molecule has 2 heterocycles. The molecule has 1 fully saturated rings. The lowest BCUT2D eigenvalue weighted by atomic mass is 10.2. The van der Waals surface area contributed by atoms with Crippen LogP contribution in [0.3, 0.4) is 0 Å². The Balaban J connectivity index is 1.95. The fraction of sp³-hybridized carbons (Fsp3) is 0.417. The number of halogens is 1. The summed E-state index contributed by atoms with van der Waals surface area (Å²) in [5.74, 6) is 1.20. The van der Waals surface area contributed by atoms with Gasteiger partial charge >= 0.3 is 0 Å². The van der Waals surface area contributed by atoms with Gasteiger partial charge in [0.25, 0.3) is 5.95 Å². The Labute approximate surface area is 115 Å². The van der Waals surface area contributed by atoms with Crippen LogP contribution in [-0.4, -0.2) is 51.9 Å². The average Bonchev–Trinajstić information content (AvgIpc) is 2.97. The van der Waals surface area contributed by atoms with Gasteiger partial charge in [0.1, 0.15) is 0 Å². The van der Waals surface area contributed by atoms with E-state index >= 15 is 0 Å². The van der Waals surface area contributed by atoms with Crippen LogP contribution in [0, 0.1) is 0 Å². The summed E-state index contributed by atoms with van der Waals surface area (Å²) in [6, 6.07) is 9.91. The molecule has 1 aromatic carbocycles. The number of alkyl halides is 1. The van der Waals surface area contributed by atoms with Gasteiger partial charge in [-0.1, -0.05) is 23.3 Å². The van der Waals surface area contributed by atoms with Crippen molar-refractivity contribution < 1.29 is 4.74 Å². The molecule has 0 spiro atoms. The molecule has 0 aliphatic carbocycles. The van der Waals surface area contributed by atoms with E-state index in [1.807, 2.05) is 30.3 Å². The van der Waals surface area contributed by atoms with Crippen molar-refractivity contribution in [3.05, 3.63) is 30.3 Å². The second-order valence-corrected chi connectivity index (χ2v) is 4.61. The first-order chi connectivity index (χ1) is 9.40. The van der Waals surface area contributed by atoms with Gasteiger partial charge in [-0.3, -0.25) is 0 Å². The summed E-state index contributed by atoms with van der Waals surface area (Å²) in [4.78, 5) is 2.10. The summed E-state index contributed by atoms with van der Waals surface area (Å²) in [6.45, 7) is 2.00. The van der Waals surface area contributed by atoms with Gasteiger partial charge in [0, 0.05) is 12.4 Å². The Morgan fingerprint density at radius 2 is 2.16 bits per heavy atom. The number of anilines is 1. The standard InChI is InChI=1S/C12H14ClN5O/c13-8-11-9-19-7-6-17(11)12-14-15-16-18(12)10-4-2-1-3-5-10/h1-5,11H,6-9H2. The van der Waals surface area contributed by atoms with Crippen molar-refractivity contribution in [2.45, 2.75) is 6.04 Å². The van der Waals surface area contributed by atoms with Crippen molar-refractivity contribution in [1.82, 2.24) is 20.2 Å². The van der Waals surface area contributed by atoms with E-state index in [1.54, 1.807) is 4.68 Å². The normalized spacial score (nSPS) is 19.6. The smallest absolute Gasteiger partial charge is 0.250 e. The minimum absolute atomic E-state index is 0.101. The Bertz CT molecular complexity index is 532. The molecular formula is C12H14ClN5O. The summed E-state index contributed by atoms with van der Waals surface area (Å²) in [7, 11) is 0. The topological polar surface area (TPSA) is 56.1 Å². The highest BCUT2D eigenvalue weighted by Crippen LogP contribution is 2.20. The molecule has 0 saturated carbocycles. The number of ether oxygens (including phenoxy) is 1. The number of rotatable bonds is 3. The van der Waals surface area contributed by atoms with Crippen LogP contribution in [0.5, 0.6) is 0 Å². The molecule has 1 aromatic heterocycles. The van der Waals surface area contributed by atoms with E-state index in [0.29, 0.717) is 25.0 Å². The molecule has 3 rings (SSSR count). The number of aromatic nitrogens is 4. The van der Waals surface area contributed by atoms with E-state index in [2.05, 4.69) is 20.4 Å². The SMILES string of the molecule is ClCC1COCCN1c1nnnn1-c1ccccc1. The van der Waals surface area contributed by atoms with Gasteiger partial charge in [0.05, 0.1) is 24.9 Å². The highest BCUT2D eigenvalue weighted by atomic mass is 35.5. The van der Waals surface area contributed by atoms with Crippen molar-refractivity contribution in [2.75, 3.05) is 30.5 Å². The highest BCUT2D eigenvalue weighted by molar-refractivity contribution is 6.18. The number of morpholine rings is 1. The molecule has 0 bridgehead atoms. The van der Waals surface area contributed by atoms with Crippen LogP contribution in [0.15, 0.2) is 30.3 Å². The number of benzene rings is 1. The first-order valence-corrected chi connectivity index (χ1v) is 6.68. The van der Waals surface area contributed by atoms with E-state index in [4.69, 9.17) is 16.3 Å². The van der Waals surface area contributed by atoms with E-state index in [-0.39, 0.29) is 6.04 Å². The number of nitrogens with zero attached hydrogens (tertiary/aromatic N) is 5. The molecule has 7 heteroatoms. The molecule has 0 radical (unpaired) electrons. The van der Waals surface area contributed by atoms with E-state index in [1.165, 1.54) is 0 Å².